The van der Waals surface area contributed by atoms with E-state index in [1.807, 2.05) is 0 Å². The van der Waals surface area contributed by atoms with Crippen LogP contribution in [0, 0.1) is 0 Å². The highest BCUT2D eigenvalue weighted by Crippen LogP contribution is 2.32. The van der Waals surface area contributed by atoms with Gasteiger partial charge in [-0.15, -0.1) is 0 Å². The molecule has 2 aliphatic heterocycles. The van der Waals surface area contributed by atoms with Crippen molar-refractivity contribution in [2.75, 3.05) is 13.4 Å². The van der Waals surface area contributed by atoms with Crippen LogP contribution in [0.15, 0.2) is 34.0 Å². The number of carbonyl (C=O) groups is 1. The topological polar surface area (TPSA) is 112 Å². The average Bonchev–Trinajstić information content (AvgIpc) is 3.34. The Hall–Kier alpha value is -3.07. The van der Waals surface area contributed by atoms with Gasteiger partial charge in [-0.3, -0.25) is 14.2 Å². The molecule has 1 saturated heterocycles. The highest BCUT2D eigenvalue weighted by Gasteiger charge is 2.21. The van der Waals surface area contributed by atoms with Crippen molar-refractivity contribution in [3.8, 4) is 11.5 Å². The van der Waals surface area contributed by atoms with Gasteiger partial charge < -0.3 is 24.5 Å². The number of aromatic amines is 1. The minimum atomic E-state index is -0.627. The molecule has 0 aliphatic carbocycles. The molecule has 1 amide bonds. The molecule has 4 rings (SSSR count). The Labute approximate surface area is 153 Å². The minimum Gasteiger partial charge on any atom is -0.454 e. The fraction of sp³-hybridized carbons (Fsp3) is 0.389. The number of aromatic nitrogens is 2. The van der Waals surface area contributed by atoms with Crippen LogP contribution >= 0.6 is 0 Å². The van der Waals surface area contributed by atoms with E-state index in [1.165, 1.54) is 0 Å². The molecule has 1 aromatic carbocycles. The molecule has 2 aromatic rings. The van der Waals surface area contributed by atoms with E-state index < -0.39 is 17.2 Å². The molecular formula is C18H19N3O6. The number of amides is 1. The summed E-state index contributed by atoms with van der Waals surface area (Å²) in [6.07, 6.45) is 2.64. The van der Waals surface area contributed by atoms with Crippen LogP contribution in [0.5, 0.6) is 11.5 Å². The van der Waals surface area contributed by atoms with Gasteiger partial charge >= 0.3 is 5.69 Å². The number of nitrogens with one attached hydrogen (secondary N) is 2. The maximum atomic E-state index is 12.6. The number of hydrogen-bond donors (Lipinski definition) is 2. The summed E-state index contributed by atoms with van der Waals surface area (Å²) in [5.41, 5.74) is -0.495. The van der Waals surface area contributed by atoms with Gasteiger partial charge in [-0.2, -0.15) is 0 Å². The summed E-state index contributed by atoms with van der Waals surface area (Å²) < 4.78 is 17.0. The molecule has 1 fully saturated rings. The van der Waals surface area contributed by atoms with E-state index in [0.717, 1.165) is 29.2 Å². The minimum absolute atomic E-state index is 0.117. The van der Waals surface area contributed by atoms with Gasteiger partial charge in [0.25, 0.3) is 11.5 Å². The van der Waals surface area contributed by atoms with Gasteiger partial charge in [0.15, 0.2) is 11.5 Å². The predicted molar refractivity (Wildman–Crippen MR) is 94.0 cm³/mol. The van der Waals surface area contributed by atoms with Crippen molar-refractivity contribution >= 4 is 5.91 Å². The summed E-state index contributed by atoms with van der Waals surface area (Å²) in [4.78, 5) is 39.4. The van der Waals surface area contributed by atoms with E-state index in [9.17, 15) is 14.4 Å². The van der Waals surface area contributed by atoms with Crippen LogP contribution in [0.2, 0.25) is 0 Å². The monoisotopic (exact) mass is 373 g/mol. The number of fused-ring (bicyclic) bond motifs is 1. The fourth-order valence-electron chi connectivity index (χ4n) is 3.16. The lowest BCUT2D eigenvalue weighted by Gasteiger charge is -2.12. The third-order valence-electron chi connectivity index (χ3n) is 4.61. The molecule has 3 heterocycles. The molecule has 9 nitrogen and oxygen atoms in total. The molecule has 2 N–H and O–H groups in total. The van der Waals surface area contributed by atoms with Crippen molar-refractivity contribution < 1.29 is 19.0 Å². The van der Waals surface area contributed by atoms with E-state index in [4.69, 9.17) is 14.2 Å². The van der Waals surface area contributed by atoms with E-state index in [2.05, 4.69) is 10.3 Å². The van der Waals surface area contributed by atoms with Crippen LogP contribution in [0.3, 0.4) is 0 Å². The molecule has 0 bridgehead atoms. The molecule has 0 radical (unpaired) electrons. The van der Waals surface area contributed by atoms with Crippen molar-refractivity contribution in [2.45, 2.75) is 32.0 Å². The Kier molecular flexibility index (Phi) is 4.68. The van der Waals surface area contributed by atoms with Gasteiger partial charge in [0.2, 0.25) is 6.79 Å². The molecule has 1 aromatic heterocycles. The number of carbonyl (C=O) groups excluding carboxylic acids is 1. The number of ether oxygens (including phenoxy) is 3. The van der Waals surface area contributed by atoms with Gasteiger partial charge in [0, 0.05) is 19.3 Å². The first kappa shape index (κ1) is 17.3. The molecule has 2 aliphatic rings. The number of nitrogens with zero attached hydrogens (tertiary/aromatic N) is 1. The highest BCUT2D eigenvalue weighted by atomic mass is 16.7. The van der Waals surface area contributed by atoms with Crippen molar-refractivity contribution in [3.05, 3.63) is 56.4 Å². The fourth-order valence-corrected chi connectivity index (χ4v) is 3.16. The van der Waals surface area contributed by atoms with Gasteiger partial charge in [-0.25, -0.2) is 4.79 Å². The van der Waals surface area contributed by atoms with Crippen molar-refractivity contribution in [1.29, 1.82) is 0 Å². The predicted octanol–water partition coefficient (Wildman–Crippen LogP) is 0.374. The molecule has 27 heavy (non-hydrogen) atoms. The van der Waals surface area contributed by atoms with Crippen LogP contribution in [0.4, 0.5) is 0 Å². The Morgan fingerprint density at radius 2 is 2.11 bits per heavy atom. The summed E-state index contributed by atoms with van der Waals surface area (Å²) in [5, 5.41) is 2.69. The van der Waals surface area contributed by atoms with Crippen molar-refractivity contribution in [3.63, 3.8) is 0 Å². The van der Waals surface area contributed by atoms with Crippen LogP contribution in [-0.4, -0.2) is 35.0 Å². The zero-order valence-corrected chi connectivity index (χ0v) is 14.5. The van der Waals surface area contributed by atoms with Crippen LogP contribution in [0.25, 0.3) is 0 Å². The van der Waals surface area contributed by atoms with Crippen LogP contribution in [-0.2, 0) is 17.8 Å². The zero-order chi connectivity index (χ0) is 18.8. The summed E-state index contributed by atoms with van der Waals surface area (Å²) in [5.74, 6) is 0.711. The maximum Gasteiger partial charge on any atom is 0.328 e. The number of benzene rings is 1. The smallest absolute Gasteiger partial charge is 0.328 e. The average molecular weight is 373 g/mol. The zero-order valence-electron chi connectivity index (χ0n) is 14.5. The van der Waals surface area contributed by atoms with E-state index in [0.29, 0.717) is 18.1 Å². The maximum absolute atomic E-state index is 12.6. The molecular weight excluding hydrogens is 354 g/mol. The molecule has 142 valence electrons. The standard InChI is InChI=1S/C18H19N3O6/c22-16(19-7-11-3-4-14-15(6-11)27-10-26-14)13-8-20-18(24)21(17(13)23)9-12-2-1-5-25-12/h3-4,6,8,12H,1-2,5,7,9-10H2,(H,19,22)(H,20,24). The van der Waals surface area contributed by atoms with Crippen molar-refractivity contribution in [1.82, 2.24) is 14.9 Å². The largest absolute Gasteiger partial charge is 0.454 e. The number of hydrogen-bond acceptors (Lipinski definition) is 6. The quantitative estimate of drug-likeness (QED) is 0.783. The third-order valence-corrected chi connectivity index (χ3v) is 4.61. The third kappa shape index (κ3) is 3.59. The van der Waals surface area contributed by atoms with E-state index in [1.54, 1.807) is 18.2 Å². The van der Waals surface area contributed by atoms with E-state index >= 15 is 0 Å². The first-order valence-corrected chi connectivity index (χ1v) is 8.72. The van der Waals surface area contributed by atoms with E-state index in [-0.39, 0.29) is 31.5 Å². The summed E-state index contributed by atoms with van der Waals surface area (Å²) in [7, 11) is 0. The lowest BCUT2D eigenvalue weighted by Crippen LogP contribution is -2.42. The van der Waals surface area contributed by atoms with Crippen molar-refractivity contribution in [2.24, 2.45) is 0 Å². The van der Waals surface area contributed by atoms with Crippen LogP contribution < -0.4 is 26.0 Å². The van der Waals surface area contributed by atoms with Gasteiger partial charge in [0.05, 0.1) is 12.6 Å². The van der Waals surface area contributed by atoms with Crippen LogP contribution in [0.1, 0.15) is 28.8 Å². The normalized spacial score (nSPS) is 17.9. The second-order valence-electron chi connectivity index (χ2n) is 6.43. The Bertz CT molecular complexity index is 974. The molecule has 0 saturated carbocycles. The van der Waals surface area contributed by atoms with Gasteiger partial charge in [-0.1, -0.05) is 6.07 Å². The molecule has 1 unspecified atom stereocenters. The number of rotatable bonds is 5. The number of H-pyrrole nitrogens is 1. The molecule has 1 atom stereocenters. The molecule has 9 heteroatoms. The lowest BCUT2D eigenvalue weighted by molar-refractivity contribution is 0.0921. The first-order chi connectivity index (χ1) is 13.1. The Balaban J connectivity index is 1.48. The highest BCUT2D eigenvalue weighted by molar-refractivity contribution is 5.93. The molecule has 0 spiro atoms. The first-order valence-electron chi connectivity index (χ1n) is 8.72. The SMILES string of the molecule is O=C(NCc1ccc2c(c1)OCO2)c1c[nH]c(=O)n(CC2CCCO2)c1=O. The summed E-state index contributed by atoms with van der Waals surface area (Å²) in [6, 6.07) is 5.33. The summed E-state index contributed by atoms with van der Waals surface area (Å²) in [6.45, 7) is 1.14. The Morgan fingerprint density at radius 3 is 2.93 bits per heavy atom. The van der Waals surface area contributed by atoms with Gasteiger partial charge in [-0.05, 0) is 30.5 Å². The lowest BCUT2D eigenvalue weighted by atomic mass is 10.2. The second-order valence-corrected chi connectivity index (χ2v) is 6.43. The second kappa shape index (κ2) is 7.28. The van der Waals surface area contributed by atoms with Gasteiger partial charge in [0.1, 0.15) is 5.56 Å². The Morgan fingerprint density at radius 1 is 1.26 bits per heavy atom. The summed E-state index contributed by atoms with van der Waals surface area (Å²) >= 11 is 0.